The smallest absolute Gasteiger partial charge is 0.155 e. The van der Waals surface area contributed by atoms with Gasteiger partial charge in [0.15, 0.2) is 9.84 Å². The highest BCUT2D eigenvalue weighted by molar-refractivity contribution is 7.90. The Morgan fingerprint density at radius 2 is 1.79 bits per heavy atom. The zero-order valence-electron chi connectivity index (χ0n) is 10.4. The molecule has 0 saturated carbocycles. The summed E-state index contributed by atoms with van der Waals surface area (Å²) in [6.45, 7) is 0. The van der Waals surface area contributed by atoms with Crippen LogP contribution in [0.4, 0.5) is 0 Å². The van der Waals surface area contributed by atoms with Crippen LogP contribution in [-0.2, 0) is 22.0 Å². The summed E-state index contributed by atoms with van der Waals surface area (Å²) in [6, 6.07) is 13.5. The normalized spacial score (nSPS) is 11.6. The second kappa shape index (κ2) is 6.55. The van der Waals surface area contributed by atoms with Crippen LogP contribution in [-0.4, -0.2) is 14.2 Å². The second-order valence-corrected chi connectivity index (χ2v) is 8.37. The lowest BCUT2D eigenvalue weighted by Crippen LogP contribution is -2.09. The molecule has 0 aliphatic heterocycles. The van der Waals surface area contributed by atoms with Crippen LogP contribution in [0.2, 0.25) is 4.34 Å². The van der Waals surface area contributed by atoms with E-state index >= 15 is 0 Å². The average molecular weight is 315 g/mol. The topological polar surface area (TPSA) is 34.1 Å². The van der Waals surface area contributed by atoms with Gasteiger partial charge in [0, 0.05) is 4.88 Å². The third-order valence-electron chi connectivity index (χ3n) is 2.75. The third kappa shape index (κ3) is 4.97. The fourth-order valence-electron chi connectivity index (χ4n) is 1.86. The largest absolute Gasteiger partial charge is 0.228 e. The monoisotopic (exact) mass is 314 g/mol. The quantitative estimate of drug-likeness (QED) is 0.809. The Morgan fingerprint density at radius 1 is 1.05 bits per heavy atom. The Hall–Kier alpha value is -0.840. The van der Waals surface area contributed by atoms with Crippen molar-refractivity contribution in [1.29, 1.82) is 0 Å². The fraction of sp³-hybridized carbons (Fsp3) is 0.286. The van der Waals surface area contributed by atoms with Crippen molar-refractivity contribution >= 4 is 32.8 Å². The molecule has 0 saturated heterocycles. The van der Waals surface area contributed by atoms with Crippen molar-refractivity contribution in [3.8, 4) is 0 Å². The first-order chi connectivity index (χ1) is 9.05. The number of aryl methyl sites for hydroxylation is 1. The van der Waals surface area contributed by atoms with Crippen LogP contribution in [0.5, 0.6) is 0 Å². The summed E-state index contributed by atoms with van der Waals surface area (Å²) in [5.74, 6) is 0.316. The van der Waals surface area contributed by atoms with Gasteiger partial charge in [-0.25, -0.2) is 8.42 Å². The summed E-state index contributed by atoms with van der Waals surface area (Å²) in [4.78, 5) is 0.810. The standard InChI is InChI=1S/C14H15ClO2S2/c15-14-9-8-13(18-14)11-19(16,17)10-4-7-12-5-2-1-3-6-12/h1-3,5-6,8-9H,4,7,10-11H2. The van der Waals surface area contributed by atoms with Crippen LogP contribution in [0.3, 0.4) is 0 Å². The third-order valence-corrected chi connectivity index (χ3v) is 5.83. The molecule has 0 unspecified atom stereocenters. The molecule has 1 aromatic heterocycles. The molecule has 0 spiro atoms. The van der Waals surface area contributed by atoms with Gasteiger partial charge >= 0.3 is 0 Å². The molecule has 1 aromatic carbocycles. The highest BCUT2D eigenvalue weighted by atomic mass is 35.5. The van der Waals surface area contributed by atoms with Gasteiger partial charge in [-0.2, -0.15) is 0 Å². The molecule has 2 rings (SSSR count). The number of hydrogen-bond acceptors (Lipinski definition) is 3. The summed E-state index contributed by atoms with van der Waals surface area (Å²) >= 11 is 7.13. The molecule has 102 valence electrons. The molecular formula is C14H15ClO2S2. The van der Waals surface area contributed by atoms with E-state index in [4.69, 9.17) is 11.6 Å². The maximum atomic E-state index is 12.0. The zero-order chi connectivity index (χ0) is 13.7. The number of hydrogen-bond donors (Lipinski definition) is 0. The number of sulfone groups is 1. The van der Waals surface area contributed by atoms with E-state index < -0.39 is 9.84 Å². The first-order valence-electron chi connectivity index (χ1n) is 6.04. The molecule has 0 radical (unpaired) electrons. The van der Waals surface area contributed by atoms with Gasteiger partial charge in [0.25, 0.3) is 0 Å². The van der Waals surface area contributed by atoms with Crippen molar-refractivity contribution in [3.05, 3.63) is 57.2 Å². The average Bonchev–Trinajstić information content (AvgIpc) is 2.75. The van der Waals surface area contributed by atoms with Crippen molar-refractivity contribution in [2.45, 2.75) is 18.6 Å². The van der Waals surface area contributed by atoms with Crippen molar-refractivity contribution in [2.75, 3.05) is 5.75 Å². The van der Waals surface area contributed by atoms with Crippen LogP contribution in [0.15, 0.2) is 42.5 Å². The first kappa shape index (κ1) is 14.6. The van der Waals surface area contributed by atoms with Gasteiger partial charge in [0.1, 0.15) is 0 Å². The summed E-state index contributed by atoms with van der Waals surface area (Å²) in [5.41, 5.74) is 1.18. The van der Waals surface area contributed by atoms with Gasteiger partial charge in [-0.3, -0.25) is 0 Å². The van der Waals surface area contributed by atoms with E-state index in [1.807, 2.05) is 30.3 Å². The number of benzene rings is 1. The van der Waals surface area contributed by atoms with Gasteiger partial charge < -0.3 is 0 Å². The highest BCUT2D eigenvalue weighted by Gasteiger charge is 2.13. The van der Waals surface area contributed by atoms with E-state index in [0.29, 0.717) is 10.8 Å². The Bertz CT molecular complexity index is 618. The van der Waals surface area contributed by atoms with Crippen molar-refractivity contribution < 1.29 is 8.42 Å². The van der Waals surface area contributed by atoms with Crippen LogP contribution in [0, 0.1) is 0 Å². The molecule has 0 aliphatic rings. The maximum Gasteiger partial charge on any atom is 0.155 e. The van der Waals surface area contributed by atoms with Gasteiger partial charge in [-0.15, -0.1) is 11.3 Å². The summed E-state index contributed by atoms with van der Waals surface area (Å²) in [5, 5.41) is 0. The van der Waals surface area contributed by atoms with E-state index in [0.717, 1.165) is 11.3 Å². The second-order valence-electron chi connectivity index (χ2n) is 4.39. The van der Waals surface area contributed by atoms with Gasteiger partial charge in [0.05, 0.1) is 15.8 Å². The van der Waals surface area contributed by atoms with Crippen LogP contribution >= 0.6 is 22.9 Å². The van der Waals surface area contributed by atoms with E-state index in [-0.39, 0.29) is 11.5 Å². The first-order valence-corrected chi connectivity index (χ1v) is 9.05. The molecule has 0 N–H and O–H groups in total. The Morgan fingerprint density at radius 3 is 2.42 bits per heavy atom. The summed E-state index contributed by atoms with van der Waals surface area (Å²) in [7, 11) is -3.04. The maximum absolute atomic E-state index is 12.0. The predicted molar refractivity (Wildman–Crippen MR) is 81.6 cm³/mol. The molecule has 2 aromatic rings. The minimum atomic E-state index is -3.04. The van der Waals surface area contributed by atoms with Crippen LogP contribution in [0.1, 0.15) is 16.9 Å². The van der Waals surface area contributed by atoms with Crippen molar-refractivity contribution in [3.63, 3.8) is 0 Å². The molecular weight excluding hydrogens is 300 g/mol. The van der Waals surface area contributed by atoms with E-state index in [9.17, 15) is 8.42 Å². The number of halogens is 1. The fourth-order valence-corrected chi connectivity index (χ4v) is 4.77. The Balaban J connectivity index is 1.84. The van der Waals surface area contributed by atoms with Gasteiger partial charge in [-0.05, 0) is 30.5 Å². The molecule has 1 heterocycles. The molecule has 2 nitrogen and oxygen atoms in total. The summed E-state index contributed by atoms with van der Waals surface area (Å²) < 4.78 is 24.6. The Kier molecular flexibility index (Phi) is 5.02. The Labute approximate surface area is 123 Å². The molecule has 5 heteroatoms. The predicted octanol–water partition coefficient (Wildman–Crippen LogP) is 3.95. The van der Waals surface area contributed by atoms with Crippen molar-refractivity contribution in [2.24, 2.45) is 0 Å². The van der Waals surface area contributed by atoms with Crippen LogP contribution < -0.4 is 0 Å². The van der Waals surface area contributed by atoms with Crippen molar-refractivity contribution in [1.82, 2.24) is 0 Å². The highest BCUT2D eigenvalue weighted by Crippen LogP contribution is 2.23. The molecule has 19 heavy (non-hydrogen) atoms. The van der Waals surface area contributed by atoms with E-state index in [1.165, 1.54) is 16.9 Å². The number of thiophene rings is 1. The minimum Gasteiger partial charge on any atom is -0.228 e. The molecule has 0 amide bonds. The molecule has 0 atom stereocenters. The lowest BCUT2D eigenvalue weighted by Gasteiger charge is -2.03. The van der Waals surface area contributed by atoms with E-state index in [1.54, 1.807) is 12.1 Å². The molecule has 0 bridgehead atoms. The summed E-state index contributed by atoms with van der Waals surface area (Å²) in [6.07, 6.45) is 1.46. The minimum absolute atomic E-state index is 0.0964. The van der Waals surface area contributed by atoms with Gasteiger partial charge in [-0.1, -0.05) is 41.9 Å². The lowest BCUT2D eigenvalue weighted by molar-refractivity contribution is 0.593. The van der Waals surface area contributed by atoms with Crippen LogP contribution in [0.25, 0.3) is 0 Å². The lowest BCUT2D eigenvalue weighted by atomic mass is 10.1. The SMILES string of the molecule is O=S(=O)(CCCc1ccccc1)Cc1ccc(Cl)s1. The molecule has 0 aliphatic carbocycles. The van der Waals surface area contributed by atoms with E-state index in [2.05, 4.69) is 0 Å². The van der Waals surface area contributed by atoms with Gasteiger partial charge in [0.2, 0.25) is 0 Å². The molecule has 0 fully saturated rings. The number of rotatable bonds is 6. The zero-order valence-corrected chi connectivity index (χ0v) is 12.8.